The van der Waals surface area contributed by atoms with Crippen LogP contribution in [0.25, 0.3) is 0 Å². The van der Waals surface area contributed by atoms with E-state index < -0.39 is 0 Å². The second-order valence-electron chi connectivity index (χ2n) is 6.30. The van der Waals surface area contributed by atoms with Gasteiger partial charge >= 0.3 is 0 Å². The van der Waals surface area contributed by atoms with Crippen molar-refractivity contribution in [3.63, 3.8) is 0 Å². The van der Waals surface area contributed by atoms with Crippen LogP contribution in [0.5, 0.6) is 0 Å². The van der Waals surface area contributed by atoms with Crippen molar-refractivity contribution in [1.82, 2.24) is 9.80 Å². The quantitative estimate of drug-likeness (QED) is 0.782. The van der Waals surface area contributed by atoms with Crippen LogP contribution in [0.1, 0.15) is 38.5 Å². The molecule has 0 atom stereocenters. The third-order valence-electron chi connectivity index (χ3n) is 4.91. The Morgan fingerprint density at radius 1 is 1.15 bits per heavy atom. The smallest absolute Gasteiger partial charge is 0.223 e. The van der Waals surface area contributed by atoms with E-state index in [0.29, 0.717) is 19.5 Å². The first-order valence-electron chi connectivity index (χ1n) is 7.83. The number of nitrogens with zero attached hydrogens (tertiary/aromatic N) is 2. The number of piperazine rings is 1. The molecule has 1 saturated heterocycles. The molecule has 20 heavy (non-hydrogen) atoms. The summed E-state index contributed by atoms with van der Waals surface area (Å²) in [6.45, 7) is 4.74. The molecular weight excluding hydrogens is 250 g/mol. The summed E-state index contributed by atoms with van der Waals surface area (Å²) in [5.41, 5.74) is 6.05. The van der Waals surface area contributed by atoms with Crippen molar-refractivity contribution in [3.8, 4) is 12.3 Å². The average Bonchev–Trinajstić information content (AvgIpc) is 2.49. The summed E-state index contributed by atoms with van der Waals surface area (Å²) in [6.07, 6.45) is 11.9. The molecule has 2 fully saturated rings. The first-order valence-corrected chi connectivity index (χ1v) is 7.83. The van der Waals surface area contributed by atoms with Crippen LogP contribution in [0.3, 0.4) is 0 Å². The minimum Gasteiger partial charge on any atom is -0.340 e. The lowest BCUT2D eigenvalue weighted by molar-refractivity contribution is -0.135. The largest absolute Gasteiger partial charge is 0.340 e. The molecule has 2 rings (SSSR count). The highest BCUT2D eigenvalue weighted by molar-refractivity contribution is 5.77. The van der Waals surface area contributed by atoms with Gasteiger partial charge in [-0.15, -0.1) is 6.42 Å². The molecule has 0 aromatic heterocycles. The molecule has 1 saturated carbocycles. The van der Waals surface area contributed by atoms with Crippen LogP contribution >= 0.6 is 0 Å². The molecule has 2 N–H and O–H groups in total. The molecular formula is C16H27N3O. The average molecular weight is 277 g/mol. The van der Waals surface area contributed by atoms with Crippen molar-refractivity contribution >= 4 is 5.91 Å². The minimum absolute atomic E-state index is 0.0747. The molecule has 1 aliphatic carbocycles. The molecule has 112 valence electrons. The molecule has 1 heterocycles. The Morgan fingerprint density at radius 2 is 1.80 bits per heavy atom. The highest BCUT2D eigenvalue weighted by atomic mass is 16.2. The van der Waals surface area contributed by atoms with Gasteiger partial charge in [-0.2, -0.15) is 0 Å². The second-order valence-corrected chi connectivity index (χ2v) is 6.30. The number of rotatable bonds is 4. The van der Waals surface area contributed by atoms with Crippen LogP contribution < -0.4 is 5.73 Å². The van der Waals surface area contributed by atoms with Crippen LogP contribution in [-0.2, 0) is 4.79 Å². The van der Waals surface area contributed by atoms with Crippen LogP contribution in [0.2, 0.25) is 0 Å². The van der Waals surface area contributed by atoms with Crippen molar-refractivity contribution in [3.05, 3.63) is 0 Å². The predicted molar refractivity (Wildman–Crippen MR) is 81.0 cm³/mol. The number of carbonyl (C=O) groups excluding carboxylic acids is 1. The van der Waals surface area contributed by atoms with E-state index >= 15 is 0 Å². The molecule has 1 aliphatic heterocycles. The van der Waals surface area contributed by atoms with Gasteiger partial charge in [0.05, 0.1) is 6.54 Å². The lowest BCUT2D eigenvalue weighted by Gasteiger charge is -2.39. The van der Waals surface area contributed by atoms with Gasteiger partial charge in [0.2, 0.25) is 5.91 Å². The van der Waals surface area contributed by atoms with Crippen molar-refractivity contribution < 1.29 is 4.79 Å². The molecule has 0 aromatic carbocycles. The lowest BCUT2D eigenvalue weighted by atomic mass is 9.71. The number of terminal acetylenes is 1. The normalized spacial score (nSPS) is 23.3. The highest BCUT2D eigenvalue weighted by Crippen LogP contribution is 2.38. The Labute approximate surface area is 122 Å². The standard InChI is InChI=1S/C16H27N3O/c1-2-8-18-9-11-19(12-10-18)15(20)13-16(14-17)6-4-3-5-7-16/h1H,3-14,17H2. The maximum absolute atomic E-state index is 12.5. The van der Waals surface area contributed by atoms with Gasteiger partial charge in [-0.3, -0.25) is 9.69 Å². The monoisotopic (exact) mass is 277 g/mol. The fraction of sp³-hybridized carbons (Fsp3) is 0.812. The molecule has 1 amide bonds. The van der Waals surface area contributed by atoms with E-state index in [4.69, 9.17) is 12.2 Å². The molecule has 4 heteroatoms. The molecule has 0 unspecified atom stereocenters. The lowest BCUT2D eigenvalue weighted by Crippen LogP contribution is -2.50. The molecule has 2 aliphatic rings. The Kier molecular flexibility index (Phi) is 5.45. The van der Waals surface area contributed by atoms with Gasteiger partial charge in [0.25, 0.3) is 0 Å². The van der Waals surface area contributed by atoms with Gasteiger partial charge < -0.3 is 10.6 Å². The molecule has 0 radical (unpaired) electrons. The predicted octanol–water partition coefficient (Wildman–Crippen LogP) is 1.06. The number of hydrogen-bond donors (Lipinski definition) is 1. The zero-order valence-electron chi connectivity index (χ0n) is 12.4. The van der Waals surface area contributed by atoms with Gasteiger partial charge in [-0.1, -0.05) is 25.2 Å². The summed E-state index contributed by atoms with van der Waals surface area (Å²) < 4.78 is 0. The third kappa shape index (κ3) is 3.74. The molecule has 0 bridgehead atoms. The van der Waals surface area contributed by atoms with E-state index in [2.05, 4.69) is 10.8 Å². The zero-order valence-corrected chi connectivity index (χ0v) is 12.4. The van der Waals surface area contributed by atoms with Gasteiger partial charge in [-0.25, -0.2) is 0 Å². The summed E-state index contributed by atoms with van der Waals surface area (Å²) >= 11 is 0. The number of amides is 1. The van der Waals surface area contributed by atoms with Crippen molar-refractivity contribution in [1.29, 1.82) is 0 Å². The Balaban J connectivity index is 1.84. The van der Waals surface area contributed by atoms with Gasteiger partial charge in [0, 0.05) is 32.6 Å². The Bertz CT molecular complexity index is 360. The van der Waals surface area contributed by atoms with Crippen molar-refractivity contribution in [2.45, 2.75) is 38.5 Å². The maximum atomic E-state index is 12.5. The first kappa shape index (κ1) is 15.3. The van der Waals surface area contributed by atoms with Crippen LogP contribution in [0, 0.1) is 17.8 Å². The van der Waals surface area contributed by atoms with Crippen LogP contribution in [0.4, 0.5) is 0 Å². The SMILES string of the molecule is C#CCN1CCN(C(=O)CC2(CN)CCCCC2)CC1. The summed E-state index contributed by atoms with van der Waals surface area (Å²) in [6, 6.07) is 0. The fourth-order valence-electron chi connectivity index (χ4n) is 3.47. The van der Waals surface area contributed by atoms with Gasteiger partial charge in [0.15, 0.2) is 0 Å². The summed E-state index contributed by atoms with van der Waals surface area (Å²) in [4.78, 5) is 16.7. The summed E-state index contributed by atoms with van der Waals surface area (Å²) in [5.74, 6) is 2.96. The second kappa shape index (κ2) is 7.10. The van der Waals surface area contributed by atoms with Crippen molar-refractivity contribution in [2.75, 3.05) is 39.3 Å². The maximum Gasteiger partial charge on any atom is 0.223 e. The van der Waals surface area contributed by atoms with Crippen LogP contribution in [-0.4, -0.2) is 55.0 Å². The van der Waals surface area contributed by atoms with E-state index in [1.54, 1.807) is 0 Å². The van der Waals surface area contributed by atoms with E-state index in [9.17, 15) is 4.79 Å². The summed E-state index contributed by atoms with van der Waals surface area (Å²) in [5, 5.41) is 0. The van der Waals surface area contributed by atoms with Crippen LogP contribution in [0.15, 0.2) is 0 Å². The zero-order chi connectivity index (χ0) is 14.4. The van der Waals surface area contributed by atoms with E-state index in [0.717, 1.165) is 39.0 Å². The number of carbonyl (C=O) groups is 1. The molecule has 0 aromatic rings. The van der Waals surface area contributed by atoms with Gasteiger partial charge in [0.1, 0.15) is 0 Å². The molecule has 4 nitrogen and oxygen atoms in total. The number of nitrogens with two attached hydrogens (primary N) is 1. The fourth-order valence-corrected chi connectivity index (χ4v) is 3.47. The van der Waals surface area contributed by atoms with E-state index in [-0.39, 0.29) is 11.3 Å². The van der Waals surface area contributed by atoms with E-state index in [1.807, 2.05) is 4.90 Å². The summed E-state index contributed by atoms with van der Waals surface area (Å²) in [7, 11) is 0. The first-order chi connectivity index (χ1) is 9.69. The van der Waals surface area contributed by atoms with Crippen molar-refractivity contribution in [2.24, 2.45) is 11.1 Å². The number of hydrogen-bond acceptors (Lipinski definition) is 3. The van der Waals surface area contributed by atoms with E-state index in [1.165, 1.54) is 19.3 Å². The topological polar surface area (TPSA) is 49.6 Å². The Morgan fingerprint density at radius 3 is 2.35 bits per heavy atom. The highest BCUT2D eigenvalue weighted by Gasteiger charge is 2.34. The molecule has 0 spiro atoms. The van der Waals surface area contributed by atoms with Gasteiger partial charge in [-0.05, 0) is 24.8 Å². The Hall–Kier alpha value is -1.05. The third-order valence-corrected chi connectivity index (χ3v) is 4.91. The minimum atomic E-state index is 0.0747.